The Morgan fingerprint density at radius 2 is 1.93 bits per heavy atom. The summed E-state index contributed by atoms with van der Waals surface area (Å²) in [6.45, 7) is 6.29. The number of benzene rings is 1. The molecule has 224 valence electrons. The Morgan fingerprint density at radius 1 is 1.20 bits per heavy atom. The lowest BCUT2D eigenvalue weighted by molar-refractivity contribution is -0.00835. The Balaban J connectivity index is 1.96. The van der Waals surface area contributed by atoms with Gasteiger partial charge < -0.3 is 28.9 Å². The number of hydrogen-bond donors (Lipinski definition) is 1. The Labute approximate surface area is 238 Å². The molecule has 2 heterocycles. The van der Waals surface area contributed by atoms with Crippen LogP contribution >= 0.6 is 0 Å². The summed E-state index contributed by atoms with van der Waals surface area (Å²) in [6, 6.07) is 5.09. The fourth-order valence-corrected chi connectivity index (χ4v) is 5.83. The number of aliphatic hydroxyl groups excluding tert-OH is 1. The van der Waals surface area contributed by atoms with Gasteiger partial charge in [-0.15, -0.1) is 0 Å². The first-order valence-corrected chi connectivity index (χ1v) is 15.2. The fraction of sp³-hybridized carbons (Fsp3) is 0.643. The number of carbonyl (C=O) groups excluding carboxylic acids is 1. The van der Waals surface area contributed by atoms with Gasteiger partial charge in [-0.1, -0.05) is 6.92 Å². The molecular formula is C28H45N5O6S. The van der Waals surface area contributed by atoms with E-state index >= 15 is 0 Å². The summed E-state index contributed by atoms with van der Waals surface area (Å²) < 4.78 is 41.8. The Hall–Kier alpha value is -2.67. The van der Waals surface area contributed by atoms with Gasteiger partial charge in [-0.05, 0) is 51.3 Å². The number of rotatable bonds is 7. The average Bonchev–Trinajstić information content (AvgIpc) is 3.36. The van der Waals surface area contributed by atoms with Crippen LogP contribution in [0.5, 0.6) is 5.75 Å². The molecule has 1 N–H and O–H groups in total. The molecule has 1 amide bonds. The molecule has 1 aromatic carbocycles. The van der Waals surface area contributed by atoms with Crippen LogP contribution in [0.25, 0.3) is 0 Å². The van der Waals surface area contributed by atoms with E-state index in [1.54, 1.807) is 23.4 Å². The highest BCUT2D eigenvalue weighted by atomic mass is 32.2. The number of aryl methyl sites for hydroxylation is 1. The number of aliphatic hydroxyl groups is 1. The molecule has 0 bridgehead atoms. The van der Waals surface area contributed by atoms with Crippen LogP contribution in [0.3, 0.4) is 0 Å². The standard InChI is InChI=1S/C28H45N5O6S/c1-20-15-33(21(2)18-34)28(35)24-14-23(30(4)5)11-12-25(24)39-22(3)10-8-9-13-38-26(20)16-32(7)40(36,37)27-17-31(6)19-29-27/h11-12,14,17,19-22,26,34H,8-10,13,15-16,18H2,1-7H3/t20-,21+,22-,26-/m0/s1. The number of amides is 1. The van der Waals surface area contributed by atoms with Crippen LogP contribution in [0, 0.1) is 5.92 Å². The number of sulfonamides is 1. The molecular weight excluding hydrogens is 534 g/mol. The Kier molecular flexibility index (Phi) is 11.0. The van der Waals surface area contributed by atoms with E-state index in [0.717, 1.165) is 24.9 Å². The minimum atomic E-state index is -3.83. The minimum absolute atomic E-state index is 0.0287. The summed E-state index contributed by atoms with van der Waals surface area (Å²) in [5, 5.41) is 10.1. The van der Waals surface area contributed by atoms with Crippen molar-refractivity contribution in [2.24, 2.45) is 13.0 Å². The third-order valence-electron chi connectivity index (χ3n) is 7.34. The monoisotopic (exact) mass is 579 g/mol. The maximum Gasteiger partial charge on any atom is 0.261 e. The molecule has 3 rings (SSSR count). The fourth-order valence-electron chi connectivity index (χ4n) is 4.68. The van der Waals surface area contributed by atoms with Gasteiger partial charge >= 0.3 is 0 Å². The molecule has 0 unspecified atom stereocenters. The number of anilines is 1. The minimum Gasteiger partial charge on any atom is -0.490 e. The summed E-state index contributed by atoms with van der Waals surface area (Å²) in [5.41, 5.74) is 1.28. The van der Waals surface area contributed by atoms with E-state index in [1.165, 1.54) is 23.9 Å². The van der Waals surface area contributed by atoms with Gasteiger partial charge in [0, 0.05) is 65.7 Å². The molecule has 0 radical (unpaired) electrons. The third-order valence-corrected chi connectivity index (χ3v) is 9.05. The van der Waals surface area contributed by atoms with Crippen LogP contribution in [0.15, 0.2) is 35.7 Å². The second-order valence-electron chi connectivity index (χ2n) is 11.0. The predicted molar refractivity (Wildman–Crippen MR) is 154 cm³/mol. The lowest BCUT2D eigenvalue weighted by atomic mass is 10.0. The van der Waals surface area contributed by atoms with Gasteiger partial charge in [0.15, 0.2) is 5.03 Å². The second-order valence-corrected chi connectivity index (χ2v) is 13.0. The normalized spacial score (nSPS) is 22.4. The lowest BCUT2D eigenvalue weighted by Crippen LogP contribution is -2.48. The van der Waals surface area contributed by atoms with Gasteiger partial charge in [-0.3, -0.25) is 4.79 Å². The highest BCUT2D eigenvalue weighted by Gasteiger charge is 2.33. The molecule has 4 atom stereocenters. The molecule has 11 nitrogen and oxygen atoms in total. The number of ether oxygens (including phenoxy) is 2. The largest absolute Gasteiger partial charge is 0.490 e. The van der Waals surface area contributed by atoms with Crippen LogP contribution in [-0.4, -0.2) is 104 Å². The van der Waals surface area contributed by atoms with Crippen LogP contribution in [0.4, 0.5) is 5.69 Å². The van der Waals surface area contributed by atoms with Gasteiger partial charge in [-0.25, -0.2) is 13.4 Å². The molecule has 0 saturated heterocycles. The van der Waals surface area contributed by atoms with Crippen LogP contribution in [0.2, 0.25) is 0 Å². The van der Waals surface area contributed by atoms with E-state index in [0.29, 0.717) is 17.9 Å². The van der Waals surface area contributed by atoms with Crippen molar-refractivity contribution in [3.05, 3.63) is 36.3 Å². The SMILES string of the molecule is C[C@H](CO)N1C[C@H](C)[C@H](CN(C)S(=O)(=O)c2cn(C)cn2)OCCCC[C@H](C)Oc2ccc(N(C)C)cc2C1=O. The number of likely N-dealkylation sites (N-methyl/N-ethyl adjacent to an activating group) is 1. The predicted octanol–water partition coefficient (Wildman–Crippen LogP) is 2.60. The van der Waals surface area contributed by atoms with Crippen molar-refractivity contribution in [3.8, 4) is 5.75 Å². The summed E-state index contributed by atoms with van der Waals surface area (Å²) in [4.78, 5) is 21.6. The highest BCUT2D eigenvalue weighted by molar-refractivity contribution is 7.89. The van der Waals surface area contributed by atoms with Crippen molar-refractivity contribution in [1.82, 2.24) is 18.8 Å². The van der Waals surface area contributed by atoms with Crippen LogP contribution in [0.1, 0.15) is 50.4 Å². The molecule has 0 fully saturated rings. The number of carbonyl (C=O) groups is 1. The molecule has 1 aromatic heterocycles. The second kappa shape index (κ2) is 13.8. The maximum atomic E-state index is 14.1. The lowest BCUT2D eigenvalue weighted by Gasteiger charge is -2.35. The molecule has 1 aliphatic rings. The molecule has 2 aromatic rings. The van der Waals surface area contributed by atoms with E-state index < -0.39 is 22.2 Å². The molecule has 0 aliphatic carbocycles. The molecule has 1 aliphatic heterocycles. The summed E-state index contributed by atoms with van der Waals surface area (Å²) >= 11 is 0. The first-order valence-electron chi connectivity index (χ1n) is 13.8. The smallest absolute Gasteiger partial charge is 0.261 e. The maximum absolute atomic E-state index is 14.1. The van der Waals surface area contributed by atoms with E-state index in [-0.39, 0.29) is 42.7 Å². The van der Waals surface area contributed by atoms with Gasteiger partial charge in [0.25, 0.3) is 15.9 Å². The van der Waals surface area contributed by atoms with E-state index in [1.807, 2.05) is 51.0 Å². The van der Waals surface area contributed by atoms with Crippen LogP contribution in [-0.2, 0) is 21.8 Å². The van der Waals surface area contributed by atoms with Crippen molar-refractivity contribution in [3.63, 3.8) is 0 Å². The molecule has 0 saturated carbocycles. The number of nitrogens with zero attached hydrogens (tertiary/aromatic N) is 5. The van der Waals surface area contributed by atoms with E-state index in [9.17, 15) is 18.3 Å². The van der Waals surface area contributed by atoms with Gasteiger partial charge in [0.05, 0.1) is 36.7 Å². The number of imidazole rings is 1. The van der Waals surface area contributed by atoms with Crippen molar-refractivity contribution in [2.75, 3.05) is 52.3 Å². The molecule has 0 spiro atoms. The number of hydrogen-bond acceptors (Lipinski definition) is 8. The van der Waals surface area contributed by atoms with Crippen molar-refractivity contribution < 1.29 is 27.8 Å². The number of aromatic nitrogens is 2. The van der Waals surface area contributed by atoms with Crippen molar-refractivity contribution in [2.45, 2.75) is 63.3 Å². The molecule has 40 heavy (non-hydrogen) atoms. The van der Waals surface area contributed by atoms with Gasteiger partial charge in [-0.2, -0.15) is 4.31 Å². The first-order chi connectivity index (χ1) is 18.8. The quantitative estimate of drug-likeness (QED) is 0.532. The van der Waals surface area contributed by atoms with Crippen molar-refractivity contribution in [1.29, 1.82) is 0 Å². The topological polar surface area (TPSA) is 117 Å². The van der Waals surface area contributed by atoms with Gasteiger partial charge in [0.1, 0.15) is 5.75 Å². The first kappa shape index (κ1) is 31.9. The Morgan fingerprint density at radius 3 is 2.55 bits per heavy atom. The molecule has 12 heteroatoms. The Bertz CT molecular complexity index is 1230. The highest BCUT2D eigenvalue weighted by Crippen LogP contribution is 2.29. The number of fused-ring (bicyclic) bond motifs is 1. The van der Waals surface area contributed by atoms with E-state index in [2.05, 4.69) is 4.98 Å². The zero-order valence-electron chi connectivity index (χ0n) is 24.8. The zero-order valence-corrected chi connectivity index (χ0v) is 25.6. The third kappa shape index (κ3) is 7.74. The summed E-state index contributed by atoms with van der Waals surface area (Å²) in [6.07, 6.45) is 4.73. The van der Waals surface area contributed by atoms with E-state index in [4.69, 9.17) is 9.47 Å². The summed E-state index contributed by atoms with van der Waals surface area (Å²) in [5.74, 6) is 0.00380. The average molecular weight is 580 g/mol. The zero-order chi connectivity index (χ0) is 29.6. The van der Waals surface area contributed by atoms with Crippen molar-refractivity contribution >= 4 is 21.6 Å². The van der Waals surface area contributed by atoms with Gasteiger partial charge in [0.2, 0.25) is 0 Å². The summed E-state index contributed by atoms with van der Waals surface area (Å²) in [7, 11) is 3.22. The van der Waals surface area contributed by atoms with Crippen LogP contribution < -0.4 is 9.64 Å².